The molecule has 1 N–H and O–H groups in total. The molecular formula is C46H79IN2O4. The number of carbonyl (C=O) groups is 1. The molecule has 1 heterocycles. The van der Waals surface area contributed by atoms with Crippen LogP contribution in [0.25, 0.3) is 0 Å². The first-order valence-corrected chi connectivity index (χ1v) is 21.8. The van der Waals surface area contributed by atoms with Gasteiger partial charge in [-0.05, 0) is 31.4 Å². The summed E-state index contributed by atoms with van der Waals surface area (Å²) in [7, 11) is 1.66. The molecule has 1 aromatic carbocycles. The van der Waals surface area contributed by atoms with E-state index in [2.05, 4.69) is 42.9 Å². The van der Waals surface area contributed by atoms with Gasteiger partial charge in [0.2, 0.25) is 5.69 Å². The van der Waals surface area contributed by atoms with Crippen LogP contribution >= 0.6 is 0 Å². The molecule has 0 radical (unpaired) electrons. The highest BCUT2D eigenvalue weighted by atomic mass is 127. The highest BCUT2D eigenvalue weighted by Crippen LogP contribution is 2.32. The maximum absolute atomic E-state index is 13.6. The third-order valence-electron chi connectivity index (χ3n) is 10.2. The molecule has 1 unspecified atom stereocenters. The number of nitrogens with one attached hydrogen (secondary N) is 1. The van der Waals surface area contributed by atoms with Gasteiger partial charge in [-0.2, -0.15) is 0 Å². The van der Waals surface area contributed by atoms with Crippen LogP contribution in [0.3, 0.4) is 0 Å². The molecule has 0 saturated heterocycles. The summed E-state index contributed by atoms with van der Waals surface area (Å²) in [6, 6.07) is 11.9. The number of amides is 1. The summed E-state index contributed by atoms with van der Waals surface area (Å²) in [5, 5.41) is 3.18. The highest BCUT2D eigenvalue weighted by molar-refractivity contribution is 5.81. The summed E-state index contributed by atoms with van der Waals surface area (Å²) in [5.41, 5.74) is 1.10. The van der Waals surface area contributed by atoms with Crippen LogP contribution in [0.15, 0.2) is 42.6 Å². The second-order valence-corrected chi connectivity index (χ2v) is 14.9. The Labute approximate surface area is 343 Å². The number of carbonyl (C=O) groups excluding carboxylic acids is 1. The Morgan fingerprint density at radius 3 is 1.70 bits per heavy atom. The first kappa shape index (κ1) is 49.0. The van der Waals surface area contributed by atoms with E-state index in [4.69, 9.17) is 14.2 Å². The van der Waals surface area contributed by atoms with Crippen LogP contribution in [0.4, 0.5) is 0 Å². The molecule has 0 saturated carbocycles. The number of rotatable bonds is 35. The van der Waals surface area contributed by atoms with Gasteiger partial charge in [0.25, 0.3) is 5.91 Å². The Balaban J connectivity index is 0.0000140. The van der Waals surface area contributed by atoms with E-state index in [1.54, 1.807) is 7.11 Å². The number of halogens is 1. The zero-order valence-electron chi connectivity index (χ0n) is 34.6. The Morgan fingerprint density at radius 2 is 1.17 bits per heavy atom. The van der Waals surface area contributed by atoms with Crippen molar-refractivity contribution < 1.29 is 47.5 Å². The predicted octanol–water partition coefficient (Wildman–Crippen LogP) is 9.63. The number of nitrogens with zero attached hydrogens (tertiary/aromatic N) is 1. The van der Waals surface area contributed by atoms with Gasteiger partial charge in [0.05, 0.1) is 13.7 Å². The fourth-order valence-corrected chi connectivity index (χ4v) is 6.97. The van der Waals surface area contributed by atoms with Gasteiger partial charge in [-0.15, -0.1) is 0 Å². The number of hydrogen-bond donors (Lipinski definition) is 1. The molecule has 0 bridgehead atoms. The fraction of sp³-hybridized carbons (Fsp3) is 0.739. The van der Waals surface area contributed by atoms with E-state index in [1.807, 2.05) is 30.3 Å². The van der Waals surface area contributed by atoms with Gasteiger partial charge in [-0.3, -0.25) is 4.79 Å². The number of benzene rings is 1. The fourth-order valence-electron chi connectivity index (χ4n) is 6.97. The van der Waals surface area contributed by atoms with Crippen LogP contribution in [0.1, 0.15) is 193 Å². The highest BCUT2D eigenvalue weighted by Gasteiger charge is 2.22. The molecule has 2 aromatic rings. The number of hydrogen-bond acceptors (Lipinski definition) is 4. The molecular weight excluding hydrogens is 771 g/mol. The Morgan fingerprint density at radius 1 is 0.642 bits per heavy atom. The van der Waals surface area contributed by atoms with Crippen molar-refractivity contribution in [1.29, 1.82) is 0 Å². The van der Waals surface area contributed by atoms with E-state index < -0.39 is 6.10 Å². The van der Waals surface area contributed by atoms with E-state index in [0.717, 1.165) is 43.7 Å². The van der Waals surface area contributed by atoms with Crippen LogP contribution in [0.5, 0.6) is 17.2 Å². The summed E-state index contributed by atoms with van der Waals surface area (Å²) in [6.07, 6.45) is 34.6. The second kappa shape index (κ2) is 34.5. The SMILES string of the molecule is CCCCCCCCCCCCCCCCC(Oc1ccc(OCCCCCCCCCCCC)c(OC)c1)C(=O)NCc1cccc[n+]1CCC.[I-]. The minimum absolute atomic E-state index is 0. The van der Waals surface area contributed by atoms with Gasteiger partial charge in [-0.1, -0.05) is 168 Å². The summed E-state index contributed by atoms with van der Waals surface area (Å²) >= 11 is 0. The van der Waals surface area contributed by atoms with Gasteiger partial charge in [-0.25, -0.2) is 4.57 Å². The Kier molecular flexibility index (Phi) is 31.9. The molecule has 0 aliphatic heterocycles. The monoisotopic (exact) mass is 851 g/mol. The summed E-state index contributed by atoms with van der Waals surface area (Å²) < 4.78 is 20.4. The van der Waals surface area contributed by atoms with Crippen LogP contribution in [0.2, 0.25) is 0 Å². The van der Waals surface area contributed by atoms with E-state index >= 15 is 0 Å². The average Bonchev–Trinajstić information content (AvgIpc) is 3.16. The predicted molar refractivity (Wildman–Crippen MR) is 218 cm³/mol. The van der Waals surface area contributed by atoms with Crippen LogP contribution < -0.4 is 48.1 Å². The summed E-state index contributed by atoms with van der Waals surface area (Å²) in [5.74, 6) is 1.93. The molecule has 53 heavy (non-hydrogen) atoms. The number of pyridine rings is 1. The molecule has 0 fully saturated rings. The quantitative estimate of drug-likeness (QED) is 0.0427. The van der Waals surface area contributed by atoms with Gasteiger partial charge >= 0.3 is 0 Å². The van der Waals surface area contributed by atoms with Crippen molar-refractivity contribution in [2.75, 3.05) is 13.7 Å². The first-order chi connectivity index (χ1) is 25.6. The summed E-state index contributed by atoms with van der Waals surface area (Å²) in [4.78, 5) is 13.6. The van der Waals surface area contributed by atoms with Crippen molar-refractivity contribution in [2.45, 2.75) is 207 Å². The van der Waals surface area contributed by atoms with E-state index in [1.165, 1.54) is 135 Å². The van der Waals surface area contributed by atoms with E-state index in [9.17, 15) is 4.79 Å². The van der Waals surface area contributed by atoms with Crippen LogP contribution in [-0.2, 0) is 17.9 Å². The van der Waals surface area contributed by atoms with Crippen molar-refractivity contribution in [2.24, 2.45) is 0 Å². The van der Waals surface area contributed by atoms with Crippen molar-refractivity contribution in [3.8, 4) is 17.2 Å². The topological polar surface area (TPSA) is 60.7 Å². The van der Waals surface area contributed by atoms with Crippen molar-refractivity contribution in [1.82, 2.24) is 5.32 Å². The number of aromatic nitrogens is 1. The third kappa shape index (κ3) is 24.2. The Bertz CT molecular complexity index is 1150. The maximum Gasteiger partial charge on any atom is 0.261 e. The van der Waals surface area contributed by atoms with Crippen molar-refractivity contribution in [3.63, 3.8) is 0 Å². The maximum atomic E-state index is 13.6. The molecule has 7 heteroatoms. The number of ether oxygens (including phenoxy) is 3. The van der Waals surface area contributed by atoms with Crippen molar-refractivity contribution in [3.05, 3.63) is 48.3 Å². The molecule has 304 valence electrons. The van der Waals surface area contributed by atoms with E-state index in [0.29, 0.717) is 31.1 Å². The zero-order chi connectivity index (χ0) is 37.3. The minimum atomic E-state index is -0.566. The first-order valence-electron chi connectivity index (χ1n) is 21.8. The minimum Gasteiger partial charge on any atom is -1.00 e. The molecule has 1 amide bonds. The average molecular weight is 851 g/mol. The number of methoxy groups -OCH3 is 1. The van der Waals surface area contributed by atoms with Crippen LogP contribution in [0, 0.1) is 0 Å². The number of aryl methyl sites for hydroxylation is 1. The molecule has 2 rings (SSSR count). The Hall–Kier alpha value is -2.03. The molecule has 0 aliphatic rings. The van der Waals surface area contributed by atoms with Gasteiger partial charge < -0.3 is 43.5 Å². The van der Waals surface area contributed by atoms with Gasteiger partial charge in [0, 0.05) is 24.6 Å². The van der Waals surface area contributed by atoms with Crippen molar-refractivity contribution >= 4 is 5.91 Å². The smallest absolute Gasteiger partial charge is 0.261 e. The lowest BCUT2D eigenvalue weighted by atomic mass is 10.0. The third-order valence-corrected chi connectivity index (χ3v) is 10.2. The van der Waals surface area contributed by atoms with Gasteiger partial charge in [0.15, 0.2) is 23.8 Å². The number of unbranched alkanes of at least 4 members (excludes halogenated alkanes) is 22. The van der Waals surface area contributed by atoms with E-state index in [-0.39, 0.29) is 29.9 Å². The lowest BCUT2D eigenvalue weighted by Gasteiger charge is -2.20. The standard InChI is InChI=1S/C46H78N2O4.HI/c1-5-8-10-12-14-16-18-19-20-21-22-24-26-28-33-44(46(49)47-40-41-32-29-30-37-48(41)36-7-3)52-42-34-35-43(45(39-42)50-4)51-38-31-27-25-23-17-15-13-11-9-6-2;/h29-30,32,34-35,37,39,44H,5-28,31,33,36,38,40H2,1-4H3;1H. The summed E-state index contributed by atoms with van der Waals surface area (Å²) in [6.45, 7) is 8.81. The molecule has 0 aliphatic carbocycles. The van der Waals surface area contributed by atoms with Gasteiger partial charge in [0.1, 0.15) is 18.8 Å². The largest absolute Gasteiger partial charge is 1.00 e. The van der Waals surface area contributed by atoms with Crippen LogP contribution in [-0.4, -0.2) is 25.7 Å². The second-order valence-electron chi connectivity index (χ2n) is 14.9. The molecule has 1 atom stereocenters. The molecule has 0 spiro atoms. The molecule has 1 aromatic heterocycles. The normalized spacial score (nSPS) is 11.5. The lowest BCUT2D eigenvalue weighted by molar-refractivity contribution is -0.704. The zero-order valence-corrected chi connectivity index (χ0v) is 36.7. The lowest BCUT2D eigenvalue weighted by Crippen LogP contribution is -3.00. The molecule has 6 nitrogen and oxygen atoms in total.